The third kappa shape index (κ3) is 8.27. The van der Waals surface area contributed by atoms with Gasteiger partial charge in [-0.15, -0.1) is 0 Å². The Morgan fingerprint density at radius 1 is 0.677 bits per heavy atom. The fourth-order valence-electron chi connectivity index (χ4n) is 4.99. The number of nitrogens with zero attached hydrogens (tertiary/aromatic N) is 2. The molecule has 0 saturated heterocycles. The van der Waals surface area contributed by atoms with Crippen molar-refractivity contribution in [1.82, 2.24) is 0 Å². The van der Waals surface area contributed by atoms with Gasteiger partial charge in [-0.25, -0.2) is 0 Å². The van der Waals surface area contributed by atoms with E-state index in [9.17, 15) is 0 Å². The van der Waals surface area contributed by atoms with Crippen molar-refractivity contribution in [3.05, 3.63) is 36.1 Å². The highest BCUT2D eigenvalue weighted by molar-refractivity contribution is 5.77. The quantitative estimate of drug-likeness (QED) is 0.188. The molecule has 0 aliphatic rings. The lowest BCUT2D eigenvalue weighted by Gasteiger charge is -2.35. The van der Waals surface area contributed by atoms with Crippen molar-refractivity contribution in [3.63, 3.8) is 0 Å². The second-order valence-corrected chi connectivity index (χ2v) is 9.91. The molecule has 1 heterocycles. The monoisotopic (exact) mass is 430 g/mol. The first kappa shape index (κ1) is 25.9. The Morgan fingerprint density at radius 3 is 1.77 bits per heavy atom. The Kier molecular flexibility index (Phi) is 11.1. The summed E-state index contributed by atoms with van der Waals surface area (Å²) >= 11 is 0. The average Bonchev–Trinajstić information content (AvgIpc) is 3.20. The van der Waals surface area contributed by atoms with Crippen LogP contribution < -0.4 is 0 Å². The van der Waals surface area contributed by atoms with Gasteiger partial charge in [0.15, 0.2) is 5.76 Å². The number of hydrogen-bond acceptors (Lipinski definition) is 1. The molecule has 0 unspecified atom stereocenters. The van der Waals surface area contributed by atoms with Crippen LogP contribution in [-0.2, 0) is 6.54 Å². The molecule has 0 amide bonds. The predicted molar refractivity (Wildman–Crippen MR) is 135 cm³/mol. The van der Waals surface area contributed by atoms with E-state index in [-0.39, 0.29) is 0 Å². The van der Waals surface area contributed by atoms with Crippen LogP contribution in [0.25, 0.3) is 11.0 Å². The maximum atomic E-state index is 6.08. The van der Waals surface area contributed by atoms with Crippen molar-refractivity contribution in [3.8, 4) is 0 Å². The molecular formula is C28H50N2O+2. The molecule has 0 fully saturated rings. The second-order valence-electron chi connectivity index (χ2n) is 9.91. The Bertz CT molecular complexity index is 692. The van der Waals surface area contributed by atoms with Crippen LogP contribution in [0.2, 0.25) is 0 Å². The molecule has 0 N–H and O–H groups in total. The van der Waals surface area contributed by atoms with Crippen molar-refractivity contribution in [1.29, 1.82) is 0 Å². The topological polar surface area (TPSA) is 13.1 Å². The summed E-state index contributed by atoms with van der Waals surface area (Å²) in [6.45, 7) is 18.0. The predicted octanol–water partition coefficient (Wildman–Crippen LogP) is 7.40. The van der Waals surface area contributed by atoms with Gasteiger partial charge in [0.25, 0.3) is 0 Å². The van der Waals surface area contributed by atoms with E-state index < -0.39 is 0 Å². The van der Waals surface area contributed by atoms with Crippen LogP contribution in [-0.4, -0.2) is 55.3 Å². The van der Waals surface area contributed by atoms with Crippen LogP contribution in [0.1, 0.15) is 84.8 Å². The van der Waals surface area contributed by atoms with Crippen molar-refractivity contribution in [2.24, 2.45) is 0 Å². The molecule has 0 radical (unpaired) electrons. The SMILES string of the molecule is CC[N+](CC)(CC)CCCCCCCCCC[N@@+](C)(CC)Cc1cc2ccccc2o1. The van der Waals surface area contributed by atoms with Crippen molar-refractivity contribution < 1.29 is 13.4 Å². The molecule has 0 spiro atoms. The molecule has 0 bridgehead atoms. The van der Waals surface area contributed by atoms with Gasteiger partial charge in [-0.3, -0.25) is 0 Å². The lowest BCUT2D eigenvalue weighted by molar-refractivity contribution is -0.923. The highest BCUT2D eigenvalue weighted by Gasteiger charge is 2.22. The van der Waals surface area contributed by atoms with Crippen molar-refractivity contribution >= 4 is 11.0 Å². The molecule has 2 aromatic rings. The number of furan rings is 1. The number of benzene rings is 1. The van der Waals surface area contributed by atoms with Crippen LogP contribution in [0.5, 0.6) is 0 Å². The Balaban J connectivity index is 1.57. The maximum absolute atomic E-state index is 6.08. The molecule has 3 heteroatoms. The van der Waals surface area contributed by atoms with Crippen LogP contribution in [0.15, 0.2) is 34.7 Å². The molecule has 0 aliphatic carbocycles. The lowest BCUT2D eigenvalue weighted by atomic mass is 10.1. The summed E-state index contributed by atoms with van der Waals surface area (Å²) in [6, 6.07) is 10.6. The number of fused-ring (bicyclic) bond motifs is 1. The molecule has 0 saturated carbocycles. The molecule has 1 aromatic heterocycles. The fraction of sp³-hybridized carbons (Fsp3) is 0.714. The van der Waals surface area contributed by atoms with Crippen molar-refractivity contribution in [2.75, 3.05) is 46.3 Å². The van der Waals surface area contributed by atoms with Gasteiger partial charge in [0.1, 0.15) is 12.1 Å². The van der Waals surface area contributed by atoms with Gasteiger partial charge >= 0.3 is 0 Å². The molecule has 2 rings (SSSR count). The summed E-state index contributed by atoms with van der Waals surface area (Å²) in [6.07, 6.45) is 11.2. The number of para-hydroxylation sites is 1. The first-order valence-electron chi connectivity index (χ1n) is 13.2. The minimum atomic E-state index is 0.998. The molecule has 1 aromatic carbocycles. The summed E-state index contributed by atoms with van der Waals surface area (Å²) in [7, 11) is 2.38. The van der Waals surface area contributed by atoms with Gasteiger partial charge in [0.05, 0.1) is 46.3 Å². The normalized spacial score (nSPS) is 14.2. The van der Waals surface area contributed by atoms with Gasteiger partial charge in [-0.05, 0) is 65.5 Å². The molecule has 1 atom stereocenters. The third-order valence-corrected chi connectivity index (χ3v) is 7.87. The minimum Gasteiger partial charge on any atom is -0.455 e. The van der Waals surface area contributed by atoms with Crippen molar-refractivity contribution in [2.45, 2.75) is 85.6 Å². The van der Waals surface area contributed by atoms with E-state index >= 15 is 0 Å². The zero-order valence-corrected chi connectivity index (χ0v) is 21.3. The zero-order valence-electron chi connectivity index (χ0n) is 21.3. The average molecular weight is 431 g/mol. The smallest absolute Gasteiger partial charge is 0.159 e. The van der Waals surface area contributed by atoms with E-state index in [4.69, 9.17) is 4.42 Å². The molecule has 176 valence electrons. The molecular weight excluding hydrogens is 380 g/mol. The van der Waals surface area contributed by atoms with Crippen LogP contribution in [0.3, 0.4) is 0 Å². The van der Waals surface area contributed by atoms with E-state index in [0.29, 0.717) is 0 Å². The summed E-state index contributed by atoms with van der Waals surface area (Å²) in [5, 5.41) is 1.23. The zero-order chi connectivity index (χ0) is 22.6. The van der Waals surface area contributed by atoms with Gasteiger partial charge in [-0.1, -0.05) is 43.9 Å². The lowest BCUT2D eigenvalue weighted by Crippen LogP contribution is -2.48. The van der Waals surface area contributed by atoms with Crippen LogP contribution in [0, 0.1) is 0 Å². The number of quaternary nitrogens is 2. The summed E-state index contributed by atoms with van der Waals surface area (Å²) in [4.78, 5) is 0. The molecule has 3 nitrogen and oxygen atoms in total. The third-order valence-electron chi connectivity index (χ3n) is 7.87. The van der Waals surface area contributed by atoms with Crippen LogP contribution in [0.4, 0.5) is 0 Å². The highest BCUT2D eigenvalue weighted by Crippen LogP contribution is 2.22. The number of rotatable bonds is 17. The van der Waals surface area contributed by atoms with E-state index in [2.05, 4.69) is 65.1 Å². The highest BCUT2D eigenvalue weighted by atomic mass is 16.3. The summed E-state index contributed by atoms with van der Waals surface area (Å²) in [5.41, 5.74) is 1.02. The van der Waals surface area contributed by atoms with Gasteiger partial charge in [-0.2, -0.15) is 0 Å². The largest absolute Gasteiger partial charge is 0.455 e. The molecule has 0 aliphatic heterocycles. The van der Waals surface area contributed by atoms with E-state index in [0.717, 1.165) is 28.9 Å². The van der Waals surface area contributed by atoms with Crippen LogP contribution >= 0.6 is 0 Å². The summed E-state index contributed by atoms with van der Waals surface area (Å²) in [5.74, 6) is 1.13. The second kappa shape index (κ2) is 13.3. The summed E-state index contributed by atoms with van der Waals surface area (Å²) < 4.78 is 8.47. The van der Waals surface area contributed by atoms with Gasteiger partial charge < -0.3 is 13.4 Å². The Morgan fingerprint density at radius 2 is 1.23 bits per heavy atom. The number of hydrogen-bond donors (Lipinski definition) is 0. The number of unbranched alkanes of at least 4 members (excludes halogenated alkanes) is 7. The Hall–Kier alpha value is -1.32. The Labute approximate surface area is 192 Å². The standard InChI is InChI=1S/C28H50N2O/c1-6-29(5,25-27-24-26-20-16-17-21-28(26)31-27)22-18-14-12-10-11-13-15-19-23-30(7-2,8-3)9-4/h16-17,20-21,24H,6-15,18-19,22-23,25H2,1-5H3/q+2/t29-/m1/s1. The minimum absolute atomic E-state index is 0.998. The van der Waals surface area contributed by atoms with E-state index in [1.54, 1.807) is 0 Å². The van der Waals surface area contributed by atoms with E-state index in [1.807, 2.05) is 0 Å². The first-order valence-corrected chi connectivity index (χ1v) is 13.2. The fourth-order valence-corrected chi connectivity index (χ4v) is 4.99. The maximum Gasteiger partial charge on any atom is 0.159 e. The van der Waals surface area contributed by atoms with Gasteiger partial charge in [0.2, 0.25) is 0 Å². The first-order chi connectivity index (χ1) is 15.0. The molecule has 31 heavy (non-hydrogen) atoms. The van der Waals surface area contributed by atoms with E-state index in [1.165, 1.54) is 94.0 Å². The van der Waals surface area contributed by atoms with Gasteiger partial charge in [0, 0.05) is 5.39 Å².